The topological polar surface area (TPSA) is 51.2 Å². The van der Waals surface area contributed by atoms with Gasteiger partial charge >= 0.3 is 0 Å². The van der Waals surface area contributed by atoms with Gasteiger partial charge < -0.3 is 20.0 Å². The van der Waals surface area contributed by atoms with E-state index in [0.717, 1.165) is 36.1 Å². The van der Waals surface area contributed by atoms with Crippen LogP contribution in [0, 0.1) is 11.6 Å². The lowest BCUT2D eigenvalue weighted by atomic mass is 10.1. The Balaban J connectivity index is 0.00000306. The van der Waals surface area contributed by atoms with Crippen LogP contribution < -0.4 is 10.2 Å². The summed E-state index contributed by atoms with van der Waals surface area (Å²) >= 11 is 0. The molecule has 6 nitrogen and oxygen atoms in total. The van der Waals surface area contributed by atoms with Crippen LogP contribution in [0.5, 0.6) is 0 Å². The van der Waals surface area contributed by atoms with Gasteiger partial charge in [0.15, 0.2) is 5.96 Å². The van der Waals surface area contributed by atoms with Crippen LogP contribution in [-0.2, 0) is 17.9 Å². The Kier molecular flexibility index (Phi) is 8.87. The number of guanidine groups is 1. The van der Waals surface area contributed by atoms with Crippen molar-refractivity contribution in [3.05, 3.63) is 65.2 Å². The maximum atomic E-state index is 14.1. The van der Waals surface area contributed by atoms with Gasteiger partial charge in [-0.1, -0.05) is 24.3 Å². The smallest absolute Gasteiger partial charge is 0.222 e. The van der Waals surface area contributed by atoms with Crippen LogP contribution in [0.2, 0.25) is 0 Å². The summed E-state index contributed by atoms with van der Waals surface area (Å²) in [6, 6.07) is 11.8. The molecule has 0 bridgehead atoms. The minimum atomic E-state index is -0.433. The van der Waals surface area contributed by atoms with E-state index in [2.05, 4.69) is 33.4 Å². The Labute approximate surface area is 210 Å². The Morgan fingerprint density at radius 1 is 1.03 bits per heavy atom. The third-order valence-corrected chi connectivity index (χ3v) is 6.03. The zero-order valence-electron chi connectivity index (χ0n) is 18.8. The molecule has 33 heavy (non-hydrogen) atoms. The zero-order valence-corrected chi connectivity index (χ0v) is 21.1. The van der Waals surface area contributed by atoms with Crippen molar-refractivity contribution < 1.29 is 13.6 Å². The molecular formula is C24H30F2IN5O. The van der Waals surface area contributed by atoms with Gasteiger partial charge in [0.25, 0.3) is 0 Å². The molecule has 1 amide bonds. The van der Waals surface area contributed by atoms with E-state index in [9.17, 15) is 13.6 Å². The average Bonchev–Trinajstić information content (AvgIpc) is 3.21. The molecule has 2 aromatic rings. The number of piperazine rings is 1. The number of anilines is 1. The number of carbonyl (C=O) groups excluding carboxylic acids is 1. The standard InChI is InChI=1S/C24H29F2N5O.HI/c1-27-24(30-12-10-29(11-13-30)22-15-20(25)7-8-21(22)26)28-16-18-4-2-5-19(14-18)17-31-9-3-6-23(31)32;/h2,4-5,7-8,14-15H,3,6,9-13,16-17H2,1H3,(H,27,28);1H. The first-order valence-electron chi connectivity index (χ1n) is 11.0. The van der Waals surface area contributed by atoms with Crippen molar-refractivity contribution in [2.45, 2.75) is 25.9 Å². The first-order valence-corrected chi connectivity index (χ1v) is 11.0. The number of halogens is 3. The summed E-state index contributed by atoms with van der Waals surface area (Å²) in [5, 5.41) is 3.40. The molecule has 0 unspecified atom stereocenters. The highest BCUT2D eigenvalue weighted by Gasteiger charge is 2.22. The normalized spacial score (nSPS) is 16.8. The van der Waals surface area contributed by atoms with Crippen LogP contribution in [0.15, 0.2) is 47.5 Å². The van der Waals surface area contributed by atoms with Crippen molar-refractivity contribution in [1.82, 2.24) is 15.1 Å². The molecule has 0 aromatic heterocycles. The molecule has 2 fully saturated rings. The molecule has 0 aliphatic carbocycles. The lowest BCUT2D eigenvalue weighted by Crippen LogP contribution is -2.52. The van der Waals surface area contributed by atoms with Gasteiger partial charge in [0.2, 0.25) is 5.91 Å². The van der Waals surface area contributed by atoms with Gasteiger partial charge in [-0.15, -0.1) is 24.0 Å². The Morgan fingerprint density at radius 2 is 1.79 bits per heavy atom. The second kappa shape index (κ2) is 11.6. The van der Waals surface area contributed by atoms with Crippen LogP contribution in [0.3, 0.4) is 0 Å². The van der Waals surface area contributed by atoms with Crippen LogP contribution >= 0.6 is 24.0 Å². The van der Waals surface area contributed by atoms with Gasteiger partial charge in [0, 0.05) is 65.3 Å². The third kappa shape index (κ3) is 6.33. The summed E-state index contributed by atoms with van der Waals surface area (Å²) in [5.41, 5.74) is 2.55. The number of nitrogens with one attached hydrogen (secondary N) is 1. The van der Waals surface area contributed by atoms with Crippen molar-refractivity contribution >= 4 is 41.5 Å². The maximum absolute atomic E-state index is 14.1. The summed E-state index contributed by atoms with van der Waals surface area (Å²) in [7, 11) is 1.75. The van der Waals surface area contributed by atoms with Crippen LogP contribution in [-0.4, -0.2) is 61.4 Å². The number of likely N-dealkylation sites (tertiary alicyclic amines) is 1. The number of carbonyl (C=O) groups is 1. The van der Waals surface area contributed by atoms with E-state index >= 15 is 0 Å². The minimum absolute atomic E-state index is 0. The van der Waals surface area contributed by atoms with Gasteiger partial charge in [-0.3, -0.25) is 9.79 Å². The molecule has 2 heterocycles. The van der Waals surface area contributed by atoms with Crippen LogP contribution in [0.25, 0.3) is 0 Å². The number of amides is 1. The highest BCUT2D eigenvalue weighted by molar-refractivity contribution is 14.0. The fourth-order valence-corrected chi connectivity index (χ4v) is 4.33. The molecule has 0 radical (unpaired) electrons. The van der Waals surface area contributed by atoms with Crippen molar-refractivity contribution in [3.63, 3.8) is 0 Å². The molecule has 4 rings (SSSR count). The van der Waals surface area contributed by atoms with Crippen molar-refractivity contribution in [2.24, 2.45) is 4.99 Å². The SMILES string of the molecule is CN=C(NCc1cccc(CN2CCCC2=O)c1)N1CCN(c2cc(F)ccc2F)CC1.I. The summed E-state index contributed by atoms with van der Waals surface area (Å²) in [4.78, 5) is 22.2. The lowest BCUT2D eigenvalue weighted by molar-refractivity contribution is -0.128. The Morgan fingerprint density at radius 3 is 2.48 bits per heavy atom. The fourth-order valence-electron chi connectivity index (χ4n) is 4.33. The number of benzene rings is 2. The predicted octanol–water partition coefficient (Wildman–Crippen LogP) is 3.60. The fraction of sp³-hybridized carbons (Fsp3) is 0.417. The van der Waals surface area contributed by atoms with E-state index in [-0.39, 0.29) is 29.9 Å². The highest BCUT2D eigenvalue weighted by atomic mass is 127. The van der Waals surface area contributed by atoms with Gasteiger partial charge in [-0.05, 0) is 29.7 Å². The quantitative estimate of drug-likeness (QED) is 0.340. The van der Waals surface area contributed by atoms with Crippen LogP contribution in [0.4, 0.5) is 14.5 Å². The van der Waals surface area contributed by atoms with E-state index in [0.29, 0.717) is 51.4 Å². The number of rotatable bonds is 5. The molecule has 178 valence electrons. The van der Waals surface area contributed by atoms with Gasteiger partial charge in [0.05, 0.1) is 5.69 Å². The second-order valence-corrected chi connectivity index (χ2v) is 8.21. The van der Waals surface area contributed by atoms with Gasteiger partial charge in [0.1, 0.15) is 11.6 Å². The maximum Gasteiger partial charge on any atom is 0.222 e. The molecule has 2 saturated heterocycles. The third-order valence-electron chi connectivity index (χ3n) is 6.03. The first kappa shape index (κ1) is 25.2. The molecule has 0 atom stereocenters. The summed E-state index contributed by atoms with van der Waals surface area (Å²) in [5.74, 6) is 0.172. The molecular weight excluding hydrogens is 539 g/mol. The lowest BCUT2D eigenvalue weighted by Gasteiger charge is -2.37. The molecule has 0 spiro atoms. The van der Waals surface area contributed by atoms with E-state index in [1.807, 2.05) is 15.9 Å². The Hall–Kier alpha value is -2.43. The van der Waals surface area contributed by atoms with Gasteiger partial charge in [-0.25, -0.2) is 8.78 Å². The molecule has 0 saturated carbocycles. The van der Waals surface area contributed by atoms with Crippen molar-refractivity contribution in [1.29, 1.82) is 0 Å². The molecule has 1 N–H and O–H groups in total. The summed E-state index contributed by atoms with van der Waals surface area (Å²) in [6.45, 7) is 4.59. The van der Waals surface area contributed by atoms with E-state index in [1.54, 1.807) is 7.05 Å². The number of hydrogen-bond donors (Lipinski definition) is 1. The largest absolute Gasteiger partial charge is 0.366 e. The van der Waals surface area contributed by atoms with E-state index in [4.69, 9.17) is 0 Å². The number of hydrogen-bond acceptors (Lipinski definition) is 3. The zero-order chi connectivity index (χ0) is 22.5. The monoisotopic (exact) mass is 569 g/mol. The average molecular weight is 569 g/mol. The summed E-state index contributed by atoms with van der Waals surface area (Å²) in [6.07, 6.45) is 1.59. The van der Waals surface area contributed by atoms with Crippen molar-refractivity contribution in [3.8, 4) is 0 Å². The first-order chi connectivity index (χ1) is 15.5. The van der Waals surface area contributed by atoms with E-state index in [1.165, 1.54) is 12.1 Å². The Bertz CT molecular complexity index is 995. The highest BCUT2D eigenvalue weighted by Crippen LogP contribution is 2.22. The van der Waals surface area contributed by atoms with Crippen molar-refractivity contribution in [2.75, 3.05) is 44.7 Å². The predicted molar refractivity (Wildman–Crippen MR) is 137 cm³/mol. The molecule has 2 aromatic carbocycles. The van der Waals surface area contributed by atoms with Gasteiger partial charge in [-0.2, -0.15) is 0 Å². The molecule has 2 aliphatic rings. The minimum Gasteiger partial charge on any atom is -0.366 e. The second-order valence-electron chi connectivity index (χ2n) is 8.21. The molecule has 2 aliphatic heterocycles. The number of aliphatic imine (C=N–C) groups is 1. The van der Waals surface area contributed by atoms with Crippen LogP contribution in [0.1, 0.15) is 24.0 Å². The summed E-state index contributed by atoms with van der Waals surface area (Å²) < 4.78 is 27.6. The number of nitrogens with zero attached hydrogens (tertiary/aromatic N) is 4. The molecule has 9 heteroatoms. The van der Waals surface area contributed by atoms with E-state index < -0.39 is 11.6 Å².